The van der Waals surface area contributed by atoms with Crippen molar-refractivity contribution in [1.82, 2.24) is 0 Å². The molecule has 18 heavy (non-hydrogen) atoms. The number of carbonyl (C=O) groups excluding carboxylic acids is 2. The first-order valence-corrected chi connectivity index (χ1v) is 6.14. The van der Waals surface area contributed by atoms with Crippen LogP contribution in [0.3, 0.4) is 0 Å². The maximum Gasteiger partial charge on any atom is 0.312 e. The largest absolute Gasteiger partial charge is 0.469 e. The fourth-order valence-electron chi connectivity index (χ4n) is 1.94. The van der Waals surface area contributed by atoms with Gasteiger partial charge in [0.15, 0.2) is 0 Å². The summed E-state index contributed by atoms with van der Waals surface area (Å²) < 4.78 is 10.1. The molecule has 0 aliphatic rings. The van der Waals surface area contributed by atoms with E-state index in [0.717, 1.165) is 0 Å². The van der Waals surface area contributed by atoms with E-state index in [1.807, 2.05) is 20.8 Å². The zero-order valence-corrected chi connectivity index (χ0v) is 12.8. The van der Waals surface area contributed by atoms with Gasteiger partial charge in [0.2, 0.25) is 0 Å². The molecule has 106 valence electrons. The fraction of sp³-hybridized carbons (Fsp3) is 0.857. The van der Waals surface area contributed by atoms with Crippen molar-refractivity contribution in [2.45, 2.75) is 60.5 Å². The Morgan fingerprint density at radius 3 is 1.56 bits per heavy atom. The zero-order chi connectivity index (χ0) is 14.8. The molecule has 0 saturated carbocycles. The number of hydrogen-bond acceptors (Lipinski definition) is 4. The van der Waals surface area contributed by atoms with Crippen LogP contribution < -0.4 is 0 Å². The molecule has 0 aliphatic heterocycles. The molecule has 0 aromatic heterocycles. The summed E-state index contributed by atoms with van der Waals surface area (Å²) in [6.45, 7) is 12.6. The molecule has 0 heterocycles. The van der Waals surface area contributed by atoms with Gasteiger partial charge >= 0.3 is 11.9 Å². The van der Waals surface area contributed by atoms with E-state index in [0.29, 0.717) is 6.42 Å². The Morgan fingerprint density at radius 2 is 1.22 bits per heavy atom. The van der Waals surface area contributed by atoms with E-state index < -0.39 is 16.4 Å². The molecule has 4 heteroatoms. The van der Waals surface area contributed by atoms with E-state index in [1.54, 1.807) is 27.7 Å². The number of methoxy groups -OCH3 is 1. The van der Waals surface area contributed by atoms with E-state index in [1.165, 1.54) is 7.11 Å². The molecule has 0 fully saturated rings. The van der Waals surface area contributed by atoms with Crippen LogP contribution in [-0.4, -0.2) is 24.6 Å². The Labute approximate surface area is 110 Å². The van der Waals surface area contributed by atoms with Gasteiger partial charge < -0.3 is 9.47 Å². The summed E-state index contributed by atoms with van der Waals surface area (Å²) in [5.41, 5.74) is -1.97. The minimum absolute atomic E-state index is 0.299. The van der Waals surface area contributed by atoms with Crippen LogP contribution in [0, 0.1) is 10.8 Å². The number of carbonyl (C=O) groups is 2. The summed E-state index contributed by atoms with van der Waals surface area (Å²) in [5.74, 6) is -0.619. The van der Waals surface area contributed by atoms with Gasteiger partial charge in [0, 0.05) is 0 Å². The lowest BCUT2D eigenvalue weighted by Crippen LogP contribution is -2.39. The molecule has 0 N–H and O–H groups in total. The summed E-state index contributed by atoms with van der Waals surface area (Å²) in [6.07, 6.45) is 0.377. The first-order valence-electron chi connectivity index (χ1n) is 6.14. The van der Waals surface area contributed by atoms with Crippen molar-refractivity contribution in [2.24, 2.45) is 10.8 Å². The molecule has 0 atom stereocenters. The molecule has 4 nitrogen and oxygen atoms in total. The smallest absolute Gasteiger partial charge is 0.312 e. The monoisotopic (exact) mass is 258 g/mol. The van der Waals surface area contributed by atoms with Gasteiger partial charge in [0.05, 0.1) is 17.9 Å². The van der Waals surface area contributed by atoms with Crippen LogP contribution in [0.15, 0.2) is 0 Å². The maximum absolute atomic E-state index is 12.1. The minimum Gasteiger partial charge on any atom is -0.469 e. The molecule has 0 saturated heterocycles. The summed E-state index contributed by atoms with van der Waals surface area (Å²) in [7, 11) is 1.35. The van der Waals surface area contributed by atoms with Crippen LogP contribution in [0.1, 0.15) is 54.9 Å². The Hall–Kier alpha value is -1.06. The summed E-state index contributed by atoms with van der Waals surface area (Å²) in [5, 5.41) is 0. The van der Waals surface area contributed by atoms with Gasteiger partial charge in [0.1, 0.15) is 5.60 Å². The number of rotatable bonds is 4. The third kappa shape index (κ3) is 5.07. The highest BCUT2D eigenvalue weighted by Gasteiger charge is 2.41. The molecule has 0 bridgehead atoms. The molecule has 0 aromatic carbocycles. The molecule has 0 unspecified atom stereocenters. The van der Waals surface area contributed by atoms with Crippen LogP contribution in [-0.2, 0) is 19.1 Å². The summed E-state index contributed by atoms with van der Waals surface area (Å²) in [6, 6.07) is 0. The maximum atomic E-state index is 12.1. The molecule has 0 aromatic rings. The number of ether oxygens (including phenoxy) is 2. The second-order valence-electron chi connectivity index (χ2n) is 6.94. The van der Waals surface area contributed by atoms with Crippen molar-refractivity contribution < 1.29 is 19.1 Å². The van der Waals surface area contributed by atoms with Gasteiger partial charge in [-0.3, -0.25) is 9.59 Å². The van der Waals surface area contributed by atoms with Crippen LogP contribution in [0.2, 0.25) is 0 Å². The number of esters is 2. The van der Waals surface area contributed by atoms with E-state index in [4.69, 9.17) is 9.47 Å². The fourth-order valence-corrected chi connectivity index (χ4v) is 1.94. The normalized spacial score (nSPS) is 13.1. The lowest BCUT2D eigenvalue weighted by atomic mass is 9.75. The van der Waals surface area contributed by atoms with Gasteiger partial charge in [0.25, 0.3) is 0 Å². The van der Waals surface area contributed by atoms with Crippen LogP contribution in [0.25, 0.3) is 0 Å². The summed E-state index contributed by atoms with van der Waals surface area (Å²) >= 11 is 0. The molecule has 0 aliphatic carbocycles. The van der Waals surface area contributed by atoms with Crippen molar-refractivity contribution in [3.8, 4) is 0 Å². The zero-order valence-electron chi connectivity index (χ0n) is 12.8. The Bertz CT molecular complexity index is 321. The Kier molecular flexibility index (Phi) is 4.98. The van der Waals surface area contributed by atoms with Crippen molar-refractivity contribution in [3.05, 3.63) is 0 Å². The second-order valence-corrected chi connectivity index (χ2v) is 6.94. The van der Waals surface area contributed by atoms with Crippen molar-refractivity contribution in [3.63, 3.8) is 0 Å². The second kappa shape index (κ2) is 5.29. The molecular formula is C14H26O4. The predicted octanol–water partition coefficient (Wildman–Crippen LogP) is 2.94. The highest BCUT2D eigenvalue weighted by atomic mass is 16.6. The first-order chi connectivity index (χ1) is 7.82. The van der Waals surface area contributed by atoms with Crippen LogP contribution in [0.5, 0.6) is 0 Å². The Balaban J connectivity index is 4.85. The lowest BCUT2D eigenvalue weighted by Gasteiger charge is -2.33. The minimum atomic E-state index is -0.731. The van der Waals surface area contributed by atoms with E-state index in [-0.39, 0.29) is 11.9 Å². The van der Waals surface area contributed by atoms with Crippen molar-refractivity contribution >= 4 is 11.9 Å². The molecule has 0 amide bonds. The highest BCUT2D eigenvalue weighted by Crippen LogP contribution is 2.36. The highest BCUT2D eigenvalue weighted by molar-refractivity contribution is 5.80. The van der Waals surface area contributed by atoms with Crippen molar-refractivity contribution in [1.29, 1.82) is 0 Å². The van der Waals surface area contributed by atoms with E-state index in [2.05, 4.69) is 0 Å². The predicted molar refractivity (Wildman–Crippen MR) is 70.0 cm³/mol. The SMILES string of the molecule is COC(=O)C(C)(C)CC(C)(C)C(=O)OC(C)(C)C. The van der Waals surface area contributed by atoms with Crippen LogP contribution in [0.4, 0.5) is 0 Å². The number of hydrogen-bond donors (Lipinski definition) is 0. The molecule has 0 radical (unpaired) electrons. The lowest BCUT2D eigenvalue weighted by molar-refractivity contribution is -0.169. The average molecular weight is 258 g/mol. The Morgan fingerprint density at radius 1 is 0.833 bits per heavy atom. The van der Waals surface area contributed by atoms with E-state index in [9.17, 15) is 9.59 Å². The third-order valence-corrected chi connectivity index (χ3v) is 2.57. The van der Waals surface area contributed by atoms with Gasteiger partial charge in [-0.05, 0) is 54.9 Å². The van der Waals surface area contributed by atoms with Gasteiger partial charge in [-0.15, -0.1) is 0 Å². The van der Waals surface area contributed by atoms with Gasteiger partial charge in [-0.25, -0.2) is 0 Å². The van der Waals surface area contributed by atoms with Crippen molar-refractivity contribution in [2.75, 3.05) is 7.11 Å². The first kappa shape index (κ1) is 16.9. The molecule has 0 spiro atoms. The molecular weight excluding hydrogens is 232 g/mol. The van der Waals surface area contributed by atoms with Gasteiger partial charge in [-0.1, -0.05) is 0 Å². The quantitative estimate of drug-likeness (QED) is 0.727. The molecule has 0 rings (SSSR count). The third-order valence-electron chi connectivity index (χ3n) is 2.57. The van der Waals surface area contributed by atoms with Gasteiger partial charge in [-0.2, -0.15) is 0 Å². The standard InChI is InChI=1S/C14H26O4/c1-12(2,3)18-11(16)14(6,7)9-13(4,5)10(15)17-8/h9H2,1-8H3. The van der Waals surface area contributed by atoms with E-state index >= 15 is 0 Å². The van der Waals surface area contributed by atoms with Crippen LogP contribution >= 0.6 is 0 Å². The topological polar surface area (TPSA) is 52.6 Å². The average Bonchev–Trinajstić information content (AvgIpc) is 2.12. The summed E-state index contributed by atoms with van der Waals surface area (Å²) in [4.78, 5) is 23.7.